The molecule has 1 nitrogen and oxygen atoms in total. The molecule has 0 bridgehead atoms. The Morgan fingerprint density at radius 1 is 1.07 bits per heavy atom. The standard InChI is InChI=1S/C13H20OSi/c14-15(13-9-5-2-6-10-13)11-12-7-3-1-4-8-12/h2,5-6,9-10,12,14-15H,1,3-4,7-8,11H2. The molecule has 1 saturated carbocycles. The average Bonchev–Trinajstić information content (AvgIpc) is 2.31. The van der Waals surface area contributed by atoms with E-state index in [0.717, 1.165) is 12.0 Å². The molecule has 1 fully saturated rings. The van der Waals surface area contributed by atoms with Crippen LogP contribution in [0.2, 0.25) is 6.04 Å². The molecule has 0 aliphatic heterocycles. The Morgan fingerprint density at radius 2 is 1.73 bits per heavy atom. The van der Waals surface area contributed by atoms with Crippen LogP contribution in [0.3, 0.4) is 0 Å². The minimum atomic E-state index is -1.63. The van der Waals surface area contributed by atoms with Gasteiger partial charge in [0.25, 0.3) is 0 Å². The first-order valence-electron chi connectivity index (χ1n) is 6.09. The van der Waals surface area contributed by atoms with Gasteiger partial charge in [-0.05, 0) is 17.1 Å². The van der Waals surface area contributed by atoms with Gasteiger partial charge < -0.3 is 4.80 Å². The van der Waals surface area contributed by atoms with Crippen molar-refractivity contribution in [1.82, 2.24) is 0 Å². The van der Waals surface area contributed by atoms with Crippen molar-refractivity contribution in [3.05, 3.63) is 30.3 Å². The third kappa shape index (κ3) is 3.18. The first kappa shape index (κ1) is 10.9. The van der Waals surface area contributed by atoms with Crippen molar-refractivity contribution in [2.24, 2.45) is 5.92 Å². The van der Waals surface area contributed by atoms with Gasteiger partial charge in [-0.25, -0.2) is 0 Å². The topological polar surface area (TPSA) is 20.2 Å². The zero-order chi connectivity index (χ0) is 10.5. The molecule has 0 spiro atoms. The van der Waals surface area contributed by atoms with Gasteiger partial charge in [0.2, 0.25) is 9.04 Å². The molecule has 0 aromatic heterocycles. The Balaban J connectivity index is 1.88. The van der Waals surface area contributed by atoms with E-state index in [0.29, 0.717) is 0 Å². The van der Waals surface area contributed by atoms with Gasteiger partial charge in [-0.1, -0.05) is 62.4 Å². The summed E-state index contributed by atoms with van der Waals surface area (Å²) in [5, 5.41) is 1.21. The molecule has 1 aromatic carbocycles. The Kier molecular flexibility index (Phi) is 3.98. The number of hydrogen-bond donors (Lipinski definition) is 1. The maximum Gasteiger partial charge on any atom is 0.204 e. The average molecular weight is 220 g/mol. The quantitative estimate of drug-likeness (QED) is 0.774. The van der Waals surface area contributed by atoms with Gasteiger partial charge in [0.15, 0.2) is 0 Å². The van der Waals surface area contributed by atoms with Crippen LogP contribution in [0.25, 0.3) is 0 Å². The highest BCUT2D eigenvalue weighted by atomic mass is 28.3. The summed E-state index contributed by atoms with van der Waals surface area (Å²) >= 11 is 0. The van der Waals surface area contributed by atoms with Crippen molar-refractivity contribution >= 4 is 14.2 Å². The molecule has 82 valence electrons. The Labute approximate surface area is 93.9 Å². The fourth-order valence-corrected chi connectivity index (χ4v) is 4.59. The van der Waals surface area contributed by atoms with Gasteiger partial charge in [0, 0.05) is 0 Å². The SMILES string of the molecule is O[SiH](CC1CCCCC1)c1ccccc1. The first-order valence-corrected chi connectivity index (χ1v) is 8.00. The van der Waals surface area contributed by atoms with Gasteiger partial charge in [-0.3, -0.25) is 0 Å². The molecule has 0 heterocycles. The second-order valence-corrected chi connectivity index (χ2v) is 6.84. The minimum absolute atomic E-state index is 0.806. The zero-order valence-corrected chi connectivity index (χ0v) is 10.4. The normalized spacial score (nSPS) is 20.1. The lowest BCUT2D eigenvalue weighted by Gasteiger charge is -2.23. The van der Waals surface area contributed by atoms with E-state index in [1.807, 2.05) is 18.2 Å². The molecular weight excluding hydrogens is 200 g/mol. The molecule has 1 atom stereocenters. The van der Waals surface area contributed by atoms with Gasteiger partial charge in [0.05, 0.1) is 0 Å². The van der Waals surface area contributed by atoms with Crippen molar-refractivity contribution < 1.29 is 4.80 Å². The van der Waals surface area contributed by atoms with Crippen LogP contribution < -0.4 is 5.19 Å². The predicted octanol–water partition coefficient (Wildman–Crippen LogP) is 2.19. The van der Waals surface area contributed by atoms with Crippen LogP contribution >= 0.6 is 0 Å². The number of hydrogen-bond acceptors (Lipinski definition) is 1. The molecule has 0 saturated heterocycles. The fourth-order valence-electron chi connectivity index (χ4n) is 2.55. The van der Waals surface area contributed by atoms with Crippen LogP contribution in [-0.2, 0) is 0 Å². The molecule has 1 aliphatic carbocycles. The van der Waals surface area contributed by atoms with Crippen LogP contribution in [-0.4, -0.2) is 13.8 Å². The number of benzene rings is 1. The summed E-state index contributed by atoms with van der Waals surface area (Å²) in [6.07, 6.45) is 6.84. The van der Waals surface area contributed by atoms with Gasteiger partial charge in [-0.2, -0.15) is 0 Å². The second kappa shape index (κ2) is 5.47. The highest BCUT2D eigenvalue weighted by molar-refractivity contribution is 6.66. The molecule has 1 unspecified atom stereocenters. The molecule has 0 radical (unpaired) electrons. The molecule has 1 aliphatic rings. The van der Waals surface area contributed by atoms with Crippen LogP contribution in [0.15, 0.2) is 30.3 Å². The van der Waals surface area contributed by atoms with E-state index < -0.39 is 9.04 Å². The molecule has 0 amide bonds. The van der Waals surface area contributed by atoms with Gasteiger partial charge in [-0.15, -0.1) is 0 Å². The maximum atomic E-state index is 10.2. The lowest BCUT2D eigenvalue weighted by Crippen LogP contribution is -2.32. The van der Waals surface area contributed by atoms with Crippen molar-refractivity contribution in [3.63, 3.8) is 0 Å². The minimum Gasteiger partial charge on any atom is -0.430 e. The molecular formula is C13H20OSi. The first-order chi connectivity index (χ1) is 7.36. The summed E-state index contributed by atoms with van der Waals surface area (Å²) in [6.45, 7) is 0. The molecule has 15 heavy (non-hydrogen) atoms. The monoisotopic (exact) mass is 220 g/mol. The summed E-state index contributed by atoms with van der Waals surface area (Å²) in [5.41, 5.74) is 0. The predicted molar refractivity (Wildman–Crippen MR) is 66.8 cm³/mol. The van der Waals surface area contributed by atoms with Crippen LogP contribution in [0.4, 0.5) is 0 Å². The van der Waals surface area contributed by atoms with Crippen molar-refractivity contribution in [1.29, 1.82) is 0 Å². The van der Waals surface area contributed by atoms with Gasteiger partial charge >= 0.3 is 0 Å². The Bertz CT molecular complexity index is 280. The summed E-state index contributed by atoms with van der Waals surface area (Å²) in [5.74, 6) is 0.806. The third-order valence-electron chi connectivity index (χ3n) is 3.47. The van der Waals surface area contributed by atoms with Crippen molar-refractivity contribution in [2.75, 3.05) is 0 Å². The summed E-state index contributed by atoms with van der Waals surface area (Å²) in [4.78, 5) is 10.2. The van der Waals surface area contributed by atoms with Crippen LogP contribution in [0.1, 0.15) is 32.1 Å². The number of rotatable bonds is 3. The van der Waals surface area contributed by atoms with Crippen LogP contribution in [0.5, 0.6) is 0 Å². The molecule has 2 heteroatoms. The maximum absolute atomic E-state index is 10.2. The lowest BCUT2D eigenvalue weighted by molar-refractivity contribution is 0.375. The fraction of sp³-hybridized carbons (Fsp3) is 0.538. The second-order valence-electron chi connectivity index (χ2n) is 4.67. The van der Waals surface area contributed by atoms with Gasteiger partial charge in [0.1, 0.15) is 0 Å². The van der Waals surface area contributed by atoms with E-state index >= 15 is 0 Å². The van der Waals surface area contributed by atoms with E-state index in [2.05, 4.69) is 12.1 Å². The largest absolute Gasteiger partial charge is 0.430 e. The highest BCUT2D eigenvalue weighted by Gasteiger charge is 2.19. The van der Waals surface area contributed by atoms with E-state index in [-0.39, 0.29) is 0 Å². The van der Waals surface area contributed by atoms with E-state index in [4.69, 9.17) is 0 Å². The van der Waals surface area contributed by atoms with Crippen LogP contribution in [0, 0.1) is 5.92 Å². The summed E-state index contributed by atoms with van der Waals surface area (Å²) in [6, 6.07) is 11.3. The van der Waals surface area contributed by atoms with E-state index in [1.54, 1.807) is 0 Å². The zero-order valence-electron chi connectivity index (χ0n) is 9.23. The Hall–Kier alpha value is -0.603. The Morgan fingerprint density at radius 3 is 2.40 bits per heavy atom. The highest BCUT2D eigenvalue weighted by Crippen LogP contribution is 2.27. The van der Waals surface area contributed by atoms with Crippen molar-refractivity contribution in [2.45, 2.75) is 38.1 Å². The molecule has 1 aromatic rings. The third-order valence-corrected chi connectivity index (χ3v) is 5.73. The van der Waals surface area contributed by atoms with Crippen molar-refractivity contribution in [3.8, 4) is 0 Å². The smallest absolute Gasteiger partial charge is 0.204 e. The summed E-state index contributed by atoms with van der Waals surface area (Å²) in [7, 11) is -1.63. The van der Waals surface area contributed by atoms with E-state index in [9.17, 15) is 4.80 Å². The lowest BCUT2D eigenvalue weighted by atomic mass is 9.91. The molecule has 1 N–H and O–H groups in total. The van der Waals surface area contributed by atoms with E-state index in [1.165, 1.54) is 37.3 Å². The summed E-state index contributed by atoms with van der Waals surface area (Å²) < 4.78 is 0. The molecule has 2 rings (SSSR count).